The molecule has 3 atom stereocenters. The van der Waals surface area contributed by atoms with Crippen molar-refractivity contribution in [1.82, 2.24) is 5.32 Å². The highest BCUT2D eigenvalue weighted by Gasteiger charge is 2.40. The lowest BCUT2D eigenvalue weighted by Gasteiger charge is -2.18. The number of hydrogen-bond acceptors (Lipinski definition) is 8. The Balaban J connectivity index is 1.61. The number of amides is 1. The summed E-state index contributed by atoms with van der Waals surface area (Å²) in [5.74, 6) is 10.5. The van der Waals surface area contributed by atoms with Gasteiger partial charge in [0.2, 0.25) is 0 Å². The number of rotatable bonds is 10. The Morgan fingerprint density at radius 3 is 2.46 bits per heavy atom. The molecule has 0 radical (unpaired) electrons. The van der Waals surface area contributed by atoms with Gasteiger partial charge in [0, 0.05) is 31.8 Å². The summed E-state index contributed by atoms with van der Waals surface area (Å²) in [5.41, 5.74) is 0.830. The predicted molar refractivity (Wildman–Crippen MR) is 104 cm³/mol. The quantitative estimate of drug-likeness (QED) is 0.221. The summed E-state index contributed by atoms with van der Waals surface area (Å²) in [6.45, 7) is 3.66. The van der Waals surface area contributed by atoms with Crippen LogP contribution in [0.3, 0.4) is 0 Å². The number of ether oxygens (including phenoxy) is 1. The molecule has 2 aliphatic rings. The maximum absolute atomic E-state index is 12.1. The first-order valence-corrected chi connectivity index (χ1v) is 9.09. The van der Waals surface area contributed by atoms with Gasteiger partial charge in [-0.25, -0.2) is 0 Å². The molecule has 0 aliphatic carbocycles. The molecule has 26 heavy (non-hydrogen) atoms. The molecular formula is C17H29N7O2. The molecule has 144 valence electrons. The van der Waals surface area contributed by atoms with E-state index in [1.807, 2.05) is 0 Å². The van der Waals surface area contributed by atoms with Crippen LogP contribution in [-0.2, 0) is 9.53 Å². The van der Waals surface area contributed by atoms with Crippen molar-refractivity contribution in [2.75, 3.05) is 19.6 Å². The number of hydrazone groups is 2. The van der Waals surface area contributed by atoms with Crippen molar-refractivity contribution in [3.8, 4) is 0 Å². The van der Waals surface area contributed by atoms with Gasteiger partial charge in [-0.05, 0) is 39.0 Å². The molecule has 0 aromatic rings. The van der Waals surface area contributed by atoms with Crippen molar-refractivity contribution < 1.29 is 9.53 Å². The fourth-order valence-electron chi connectivity index (χ4n) is 3.21. The number of carbonyl (C=O) groups is 1. The van der Waals surface area contributed by atoms with Crippen LogP contribution in [0.15, 0.2) is 20.2 Å². The third-order valence-electron chi connectivity index (χ3n) is 4.65. The van der Waals surface area contributed by atoms with Crippen molar-refractivity contribution in [3.63, 3.8) is 0 Å². The second kappa shape index (κ2) is 10.6. The molecule has 2 heterocycles. The van der Waals surface area contributed by atoms with Crippen LogP contribution in [0.5, 0.6) is 0 Å². The van der Waals surface area contributed by atoms with Crippen LogP contribution in [0.2, 0.25) is 0 Å². The first-order valence-electron chi connectivity index (χ1n) is 9.09. The number of fused-ring (bicyclic) bond motifs is 2. The predicted octanol–water partition coefficient (Wildman–Crippen LogP) is 0.241. The van der Waals surface area contributed by atoms with Crippen LogP contribution in [0, 0.1) is 5.92 Å². The molecule has 2 bridgehead atoms. The highest BCUT2D eigenvalue weighted by molar-refractivity contribution is 6.60. The summed E-state index contributed by atoms with van der Waals surface area (Å²) in [7, 11) is 0. The molecule has 0 saturated carbocycles. The van der Waals surface area contributed by atoms with Gasteiger partial charge in [0.1, 0.15) is 0 Å². The van der Waals surface area contributed by atoms with Crippen molar-refractivity contribution in [3.05, 3.63) is 0 Å². The van der Waals surface area contributed by atoms with Crippen molar-refractivity contribution >= 4 is 29.8 Å². The molecule has 2 fully saturated rings. The molecule has 0 aromatic heterocycles. The maximum Gasteiger partial charge on any atom is 0.273 e. The van der Waals surface area contributed by atoms with E-state index in [0.29, 0.717) is 37.4 Å². The van der Waals surface area contributed by atoms with Crippen LogP contribution < -0.4 is 17.0 Å². The highest BCUT2D eigenvalue weighted by Crippen LogP contribution is 2.38. The third-order valence-corrected chi connectivity index (χ3v) is 4.65. The van der Waals surface area contributed by atoms with Crippen LogP contribution >= 0.6 is 0 Å². The lowest BCUT2D eigenvalue weighted by Crippen LogP contribution is -2.38. The first kappa shape index (κ1) is 20.0. The smallest absolute Gasteiger partial charge is 0.273 e. The minimum atomic E-state index is -0.292. The Morgan fingerprint density at radius 1 is 1.15 bits per heavy atom. The lowest BCUT2D eigenvalue weighted by molar-refractivity contribution is -0.114. The van der Waals surface area contributed by atoms with E-state index in [0.717, 1.165) is 32.1 Å². The zero-order valence-corrected chi connectivity index (χ0v) is 15.3. The van der Waals surface area contributed by atoms with Crippen LogP contribution in [0.4, 0.5) is 0 Å². The SMILES string of the molecule is CC(C=NCCCCN=CC(=NN)C(=O)NCC1CC2CCC1O2)=NN. The number of nitrogens with one attached hydrogen (secondary N) is 1. The van der Waals surface area contributed by atoms with Crippen molar-refractivity contribution in [1.29, 1.82) is 0 Å². The maximum atomic E-state index is 12.1. The van der Waals surface area contributed by atoms with E-state index in [9.17, 15) is 4.79 Å². The Morgan fingerprint density at radius 2 is 1.88 bits per heavy atom. The molecule has 2 rings (SSSR count). The number of aliphatic imine (C=N–C) groups is 2. The zero-order valence-electron chi connectivity index (χ0n) is 15.3. The van der Waals surface area contributed by atoms with Crippen LogP contribution in [0.25, 0.3) is 0 Å². The largest absolute Gasteiger partial charge is 0.375 e. The van der Waals surface area contributed by atoms with Gasteiger partial charge in [0.15, 0.2) is 5.71 Å². The molecule has 5 N–H and O–H groups in total. The summed E-state index contributed by atoms with van der Waals surface area (Å²) in [4.78, 5) is 20.5. The topological polar surface area (TPSA) is 140 Å². The number of carbonyl (C=O) groups excluding carboxylic acids is 1. The third kappa shape index (κ3) is 6.21. The summed E-state index contributed by atoms with van der Waals surface area (Å²) in [6.07, 6.45) is 8.74. The fourth-order valence-corrected chi connectivity index (χ4v) is 3.21. The van der Waals surface area contributed by atoms with E-state index >= 15 is 0 Å². The zero-order chi connectivity index (χ0) is 18.8. The molecule has 1 amide bonds. The van der Waals surface area contributed by atoms with E-state index in [4.69, 9.17) is 16.4 Å². The number of nitrogens with two attached hydrogens (primary N) is 2. The monoisotopic (exact) mass is 363 g/mol. The van der Waals surface area contributed by atoms with Crippen molar-refractivity contribution in [2.45, 2.75) is 51.2 Å². The standard InChI is InChI=1S/C17H29N7O2/c1-12(23-18)9-20-6-2-3-7-21-11-15(24-19)17(25)22-10-13-8-14-4-5-16(13)26-14/h9,11,13-14,16H,2-8,10,18-19H2,1H3,(H,22,25). The first-order chi connectivity index (χ1) is 12.6. The van der Waals surface area contributed by atoms with E-state index in [2.05, 4.69) is 25.5 Å². The fraction of sp³-hybridized carbons (Fsp3) is 0.706. The van der Waals surface area contributed by atoms with Crippen molar-refractivity contribution in [2.24, 2.45) is 37.8 Å². The average molecular weight is 363 g/mol. The van der Waals surface area contributed by atoms with Gasteiger partial charge in [-0.2, -0.15) is 10.2 Å². The summed E-state index contributed by atoms with van der Waals surface area (Å²) >= 11 is 0. The number of hydrogen-bond donors (Lipinski definition) is 3. The second-order valence-electron chi connectivity index (χ2n) is 6.64. The molecule has 2 saturated heterocycles. The van der Waals surface area contributed by atoms with E-state index in [1.165, 1.54) is 6.21 Å². The van der Waals surface area contributed by atoms with Gasteiger partial charge in [-0.1, -0.05) is 0 Å². The molecule has 9 nitrogen and oxygen atoms in total. The Labute approximate surface area is 154 Å². The normalized spacial score (nSPS) is 26.3. The summed E-state index contributed by atoms with van der Waals surface area (Å²) in [6, 6.07) is 0. The summed E-state index contributed by atoms with van der Waals surface area (Å²) < 4.78 is 5.79. The minimum absolute atomic E-state index is 0.141. The Hall–Kier alpha value is -2.29. The lowest BCUT2D eigenvalue weighted by atomic mass is 9.89. The van der Waals surface area contributed by atoms with Gasteiger partial charge < -0.3 is 21.7 Å². The molecule has 9 heteroatoms. The van der Waals surface area contributed by atoms with Crippen LogP contribution in [0.1, 0.15) is 39.0 Å². The molecule has 2 aliphatic heterocycles. The van der Waals surface area contributed by atoms with Gasteiger partial charge in [-0.15, -0.1) is 0 Å². The molecule has 0 aromatic carbocycles. The van der Waals surface area contributed by atoms with Gasteiger partial charge in [-0.3, -0.25) is 14.8 Å². The highest BCUT2D eigenvalue weighted by atomic mass is 16.5. The molecule has 3 unspecified atom stereocenters. The van der Waals surface area contributed by atoms with Gasteiger partial charge in [0.05, 0.1) is 24.1 Å². The van der Waals surface area contributed by atoms with E-state index in [1.54, 1.807) is 13.1 Å². The summed E-state index contributed by atoms with van der Waals surface area (Å²) in [5, 5.41) is 9.92. The Bertz CT molecular complexity index is 586. The average Bonchev–Trinajstić information content (AvgIpc) is 3.27. The second-order valence-corrected chi connectivity index (χ2v) is 6.64. The Kier molecular flexibility index (Phi) is 8.20. The number of unbranched alkanes of at least 4 members (excludes halogenated alkanes) is 1. The minimum Gasteiger partial charge on any atom is -0.375 e. The number of nitrogens with zero attached hydrogens (tertiary/aromatic N) is 4. The van der Waals surface area contributed by atoms with Gasteiger partial charge in [0.25, 0.3) is 5.91 Å². The van der Waals surface area contributed by atoms with E-state index < -0.39 is 0 Å². The van der Waals surface area contributed by atoms with Crippen LogP contribution in [-0.4, -0.2) is 61.6 Å². The van der Waals surface area contributed by atoms with Gasteiger partial charge >= 0.3 is 0 Å². The van der Waals surface area contributed by atoms with E-state index in [-0.39, 0.29) is 17.7 Å². The molecule has 0 spiro atoms. The molecular weight excluding hydrogens is 334 g/mol.